The van der Waals surface area contributed by atoms with Crippen LogP contribution < -0.4 is 5.14 Å². The number of likely N-dealkylation sites (tertiary alicyclic amines) is 1. The Kier molecular flexibility index (Phi) is 6.22. The van der Waals surface area contributed by atoms with E-state index < -0.39 is 15.6 Å². The summed E-state index contributed by atoms with van der Waals surface area (Å²) < 4.78 is 23.6. The van der Waals surface area contributed by atoms with Crippen molar-refractivity contribution in [3.05, 3.63) is 54.2 Å². The molecule has 8 nitrogen and oxygen atoms in total. The molecule has 2 aromatic carbocycles. The van der Waals surface area contributed by atoms with Crippen LogP contribution in [-0.2, 0) is 10.0 Å². The molecule has 2 heterocycles. The van der Waals surface area contributed by atoms with Crippen molar-refractivity contribution >= 4 is 27.0 Å². The van der Waals surface area contributed by atoms with E-state index in [1.54, 1.807) is 41.3 Å². The van der Waals surface area contributed by atoms with Gasteiger partial charge in [-0.05, 0) is 49.4 Å². The molecule has 9 heteroatoms. The minimum absolute atomic E-state index is 0.0597. The number of fused-ring (bicyclic) bond motifs is 1. The summed E-state index contributed by atoms with van der Waals surface area (Å²) in [6.45, 7) is 5.25. The van der Waals surface area contributed by atoms with E-state index in [1.165, 1.54) is 12.3 Å². The van der Waals surface area contributed by atoms with E-state index in [9.17, 15) is 18.3 Å². The molecule has 0 bridgehead atoms. The Hall–Kier alpha value is -2.88. The van der Waals surface area contributed by atoms with Gasteiger partial charge < -0.3 is 10.0 Å². The first-order valence-corrected chi connectivity index (χ1v) is 12.5. The summed E-state index contributed by atoms with van der Waals surface area (Å²) in [7, 11) is -3.91. The molecular weight excluding hydrogens is 440 g/mol. The molecule has 1 fully saturated rings. The topological polar surface area (TPSA) is 126 Å². The summed E-state index contributed by atoms with van der Waals surface area (Å²) in [4.78, 5) is 23.4. The van der Waals surface area contributed by atoms with Crippen molar-refractivity contribution in [2.75, 3.05) is 13.1 Å². The molecular formula is C24H28N4O4S. The van der Waals surface area contributed by atoms with Crippen LogP contribution in [0.5, 0.6) is 0 Å². The van der Waals surface area contributed by atoms with E-state index in [1.807, 2.05) is 0 Å². The standard InChI is InChI=1S/C24H28N4O4S/c1-16(2)14-24(30)10-12-28(13-11-24)23(29)18-8-6-17(7-9-18)20-15-26-22-19(27-20)4-3-5-21(22)33(25,31)32/h3-9,15-16,30H,10-14H2,1-2H3,(H2,25,31,32). The minimum atomic E-state index is -3.91. The van der Waals surface area contributed by atoms with E-state index >= 15 is 0 Å². The van der Waals surface area contributed by atoms with E-state index in [-0.39, 0.29) is 16.3 Å². The Labute approximate surface area is 193 Å². The molecule has 1 aromatic heterocycles. The zero-order valence-electron chi connectivity index (χ0n) is 18.7. The molecule has 1 aliphatic rings. The molecule has 0 saturated carbocycles. The second-order valence-electron chi connectivity index (χ2n) is 9.12. The van der Waals surface area contributed by atoms with Gasteiger partial charge >= 0.3 is 0 Å². The average molecular weight is 469 g/mol. The van der Waals surface area contributed by atoms with Crippen LogP contribution in [-0.4, -0.2) is 53.0 Å². The number of piperidine rings is 1. The Balaban J connectivity index is 1.51. The number of rotatable bonds is 5. The predicted molar refractivity (Wildman–Crippen MR) is 126 cm³/mol. The van der Waals surface area contributed by atoms with Crippen molar-refractivity contribution < 1.29 is 18.3 Å². The maximum Gasteiger partial charge on any atom is 0.253 e. The van der Waals surface area contributed by atoms with Crippen LogP contribution in [0.1, 0.15) is 43.5 Å². The summed E-state index contributed by atoms with van der Waals surface area (Å²) >= 11 is 0. The number of nitrogens with zero attached hydrogens (tertiary/aromatic N) is 3. The van der Waals surface area contributed by atoms with Crippen molar-refractivity contribution in [2.24, 2.45) is 11.1 Å². The monoisotopic (exact) mass is 468 g/mol. The molecule has 4 rings (SSSR count). The molecule has 0 atom stereocenters. The van der Waals surface area contributed by atoms with Gasteiger partial charge in [0, 0.05) is 24.2 Å². The minimum Gasteiger partial charge on any atom is -0.390 e. The van der Waals surface area contributed by atoms with Crippen molar-refractivity contribution in [1.29, 1.82) is 0 Å². The van der Waals surface area contributed by atoms with Crippen LogP contribution in [0.3, 0.4) is 0 Å². The highest BCUT2D eigenvalue weighted by Gasteiger charge is 2.34. The van der Waals surface area contributed by atoms with Crippen molar-refractivity contribution in [3.63, 3.8) is 0 Å². The van der Waals surface area contributed by atoms with Gasteiger partial charge in [-0.3, -0.25) is 9.78 Å². The van der Waals surface area contributed by atoms with Crippen LogP contribution >= 0.6 is 0 Å². The first kappa shape index (κ1) is 23.3. The highest BCUT2D eigenvalue weighted by Crippen LogP contribution is 2.30. The smallest absolute Gasteiger partial charge is 0.253 e. The number of hydrogen-bond donors (Lipinski definition) is 2. The van der Waals surface area contributed by atoms with Gasteiger partial charge in [0.05, 0.1) is 23.0 Å². The Morgan fingerprint density at radius 2 is 1.82 bits per heavy atom. The van der Waals surface area contributed by atoms with Crippen molar-refractivity contribution in [1.82, 2.24) is 14.9 Å². The fourth-order valence-corrected chi connectivity index (χ4v) is 5.13. The fraction of sp³-hybridized carbons (Fsp3) is 0.375. The number of amides is 1. The van der Waals surface area contributed by atoms with Crippen LogP contribution in [0, 0.1) is 5.92 Å². The Morgan fingerprint density at radius 1 is 1.15 bits per heavy atom. The Bertz CT molecular complexity index is 1280. The highest BCUT2D eigenvalue weighted by atomic mass is 32.2. The number of nitrogens with two attached hydrogens (primary N) is 1. The number of para-hydroxylation sites is 1. The third-order valence-electron chi connectivity index (χ3n) is 6.04. The van der Waals surface area contributed by atoms with E-state index in [0.717, 1.165) is 12.0 Å². The molecule has 0 aliphatic carbocycles. The highest BCUT2D eigenvalue weighted by molar-refractivity contribution is 7.89. The molecule has 0 spiro atoms. The number of carbonyl (C=O) groups is 1. The molecule has 174 valence electrons. The summed E-state index contributed by atoms with van der Waals surface area (Å²) in [5, 5.41) is 16.0. The largest absolute Gasteiger partial charge is 0.390 e. The van der Waals surface area contributed by atoms with Gasteiger partial charge in [0.1, 0.15) is 10.4 Å². The quantitative estimate of drug-likeness (QED) is 0.593. The SMILES string of the molecule is CC(C)CC1(O)CCN(C(=O)c2ccc(-c3cnc4c(S(N)(=O)=O)cccc4n3)cc2)CC1. The van der Waals surface area contributed by atoms with E-state index in [0.29, 0.717) is 48.6 Å². The molecule has 1 amide bonds. The van der Waals surface area contributed by atoms with Gasteiger partial charge in [-0.25, -0.2) is 18.5 Å². The summed E-state index contributed by atoms with van der Waals surface area (Å²) in [5.74, 6) is 0.352. The lowest BCUT2D eigenvalue weighted by Gasteiger charge is -2.39. The van der Waals surface area contributed by atoms with Gasteiger partial charge in [0.2, 0.25) is 10.0 Å². The molecule has 3 N–H and O–H groups in total. The van der Waals surface area contributed by atoms with Crippen LogP contribution in [0.15, 0.2) is 53.6 Å². The molecule has 1 saturated heterocycles. The van der Waals surface area contributed by atoms with Crippen molar-refractivity contribution in [2.45, 2.75) is 43.6 Å². The van der Waals surface area contributed by atoms with E-state index in [2.05, 4.69) is 23.8 Å². The zero-order valence-corrected chi connectivity index (χ0v) is 19.5. The summed E-state index contributed by atoms with van der Waals surface area (Å²) in [6.07, 6.45) is 3.41. The maximum atomic E-state index is 12.9. The first-order chi connectivity index (χ1) is 15.6. The number of sulfonamides is 1. The normalized spacial score (nSPS) is 16.3. The number of aromatic nitrogens is 2. The average Bonchev–Trinajstić information content (AvgIpc) is 2.77. The lowest BCUT2D eigenvalue weighted by molar-refractivity contribution is -0.0311. The second kappa shape index (κ2) is 8.81. The number of carbonyl (C=O) groups excluding carboxylic acids is 1. The van der Waals surface area contributed by atoms with Gasteiger partial charge in [-0.2, -0.15) is 0 Å². The maximum absolute atomic E-state index is 12.9. The van der Waals surface area contributed by atoms with Gasteiger partial charge in [-0.15, -0.1) is 0 Å². The van der Waals surface area contributed by atoms with Crippen LogP contribution in [0.4, 0.5) is 0 Å². The molecule has 33 heavy (non-hydrogen) atoms. The third kappa shape index (κ3) is 5.05. The first-order valence-electron chi connectivity index (χ1n) is 11.0. The zero-order chi connectivity index (χ0) is 23.8. The summed E-state index contributed by atoms with van der Waals surface area (Å²) in [6, 6.07) is 11.7. The molecule has 3 aromatic rings. The van der Waals surface area contributed by atoms with Gasteiger partial charge in [0.15, 0.2) is 0 Å². The lowest BCUT2D eigenvalue weighted by Crippen LogP contribution is -2.47. The number of aliphatic hydroxyl groups is 1. The molecule has 0 radical (unpaired) electrons. The van der Waals surface area contributed by atoms with Gasteiger partial charge in [-0.1, -0.05) is 32.0 Å². The number of hydrogen-bond acceptors (Lipinski definition) is 6. The van der Waals surface area contributed by atoms with Crippen molar-refractivity contribution in [3.8, 4) is 11.3 Å². The second-order valence-corrected chi connectivity index (χ2v) is 10.6. The fourth-order valence-electron chi connectivity index (χ4n) is 4.44. The lowest BCUT2D eigenvalue weighted by atomic mass is 9.84. The third-order valence-corrected chi connectivity index (χ3v) is 6.98. The van der Waals surface area contributed by atoms with E-state index in [4.69, 9.17) is 5.14 Å². The summed E-state index contributed by atoms with van der Waals surface area (Å²) in [5.41, 5.74) is 1.83. The predicted octanol–water partition coefficient (Wildman–Crippen LogP) is 2.96. The number of primary sulfonamides is 1. The number of benzene rings is 2. The molecule has 0 unspecified atom stereocenters. The van der Waals surface area contributed by atoms with Crippen LogP contribution in [0.25, 0.3) is 22.3 Å². The molecule has 1 aliphatic heterocycles. The van der Waals surface area contributed by atoms with Gasteiger partial charge in [0.25, 0.3) is 5.91 Å². The Morgan fingerprint density at radius 3 is 2.42 bits per heavy atom. The van der Waals surface area contributed by atoms with Crippen LogP contribution in [0.2, 0.25) is 0 Å².